The molecule has 0 unspecified atom stereocenters. The molecule has 1 aromatic carbocycles. The van der Waals surface area contributed by atoms with Crippen molar-refractivity contribution >= 4 is 34.2 Å². The Labute approximate surface area is 115 Å². The zero-order valence-electron chi connectivity index (χ0n) is 10.5. The molecule has 0 aliphatic rings. The van der Waals surface area contributed by atoms with E-state index in [2.05, 4.69) is 26.6 Å². The molecule has 0 amide bonds. The lowest BCUT2D eigenvalue weighted by Crippen LogP contribution is -2.07. The van der Waals surface area contributed by atoms with E-state index in [1.54, 1.807) is 24.0 Å². The first-order valence-electron chi connectivity index (χ1n) is 5.47. The van der Waals surface area contributed by atoms with E-state index in [9.17, 15) is 0 Å². The fraction of sp³-hybridized carbons (Fsp3) is 0.167. The molecule has 1 heterocycles. The number of nitrogens with one attached hydrogen (secondary N) is 1. The van der Waals surface area contributed by atoms with Gasteiger partial charge in [0.1, 0.15) is 11.6 Å². The first-order chi connectivity index (χ1) is 9.19. The standard InChI is InChI=1S/C12H12N6S/c1-18(2)7-14-11-4-3-10(5-9(11)6-13)16-12-17-15-8-19-12/h3-5,7-8H,1-2H3,(H,16,17). The quantitative estimate of drug-likeness (QED) is 0.683. The minimum Gasteiger partial charge on any atom is -0.369 e. The van der Waals surface area contributed by atoms with Crippen LogP contribution in [0.5, 0.6) is 0 Å². The van der Waals surface area contributed by atoms with E-state index in [0.29, 0.717) is 16.4 Å². The summed E-state index contributed by atoms with van der Waals surface area (Å²) in [5.74, 6) is 0. The zero-order valence-corrected chi connectivity index (χ0v) is 11.3. The van der Waals surface area contributed by atoms with E-state index in [-0.39, 0.29) is 0 Å². The van der Waals surface area contributed by atoms with Gasteiger partial charge in [-0.05, 0) is 18.2 Å². The van der Waals surface area contributed by atoms with E-state index in [4.69, 9.17) is 5.26 Å². The molecule has 0 radical (unpaired) electrons. The predicted octanol–water partition coefficient (Wildman–Crippen LogP) is 2.37. The summed E-state index contributed by atoms with van der Waals surface area (Å²) in [6.45, 7) is 0. The second-order valence-electron chi connectivity index (χ2n) is 3.92. The Hall–Kier alpha value is -2.46. The zero-order chi connectivity index (χ0) is 13.7. The maximum absolute atomic E-state index is 9.14. The molecule has 0 saturated heterocycles. The van der Waals surface area contributed by atoms with Crippen LogP contribution in [0.4, 0.5) is 16.5 Å². The highest BCUT2D eigenvalue weighted by molar-refractivity contribution is 7.13. The molecule has 7 heteroatoms. The van der Waals surface area contributed by atoms with E-state index in [1.165, 1.54) is 11.3 Å². The van der Waals surface area contributed by atoms with Gasteiger partial charge in [0.05, 0.1) is 17.6 Å². The molecule has 1 N–H and O–H groups in total. The predicted molar refractivity (Wildman–Crippen MR) is 76.2 cm³/mol. The third-order valence-corrected chi connectivity index (χ3v) is 2.76. The molecule has 0 bridgehead atoms. The van der Waals surface area contributed by atoms with Crippen molar-refractivity contribution in [3.63, 3.8) is 0 Å². The summed E-state index contributed by atoms with van der Waals surface area (Å²) in [4.78, 5) is 6.05. The smallest absolute Gasteiger partial charge is 0.209 e. The summed E-state index contributed by atoms with van der Waals surface area (Å²) >= 11 is 1.40. The van der Waals surface area contributed by atoms with Gasteiger partial charge in [0.2, 0.25) is 5.13 Å². The summed E-state index contributed by atoms with van der Waals surface area (Å²) in [7, 11) is 3.75. The summed E-state index contributed by atoms with van der Waals surface area (Å²) in [5, 5.41) is 20.5. The first kappa shape index (κ1) is 13.0. The monoisotopic (exact) mass is 272 g/mol. The van der Waals surface area contributed by atoms with Crippen molar-refractivity contribution in [1.82, 2.24) is 15.1 Å². The Morgan fingerprint density at radius 2 is 2.32 bits per heavy atom. The molecule has 2 rings (SSSR count). The topological polar surface area (TPSA) is 77.2 Å². The van der Waals surface area contributed by atoms with Gasteiger partial charge in [-0.3, -0.25) is 0 Å². The summed E-state index contributed by atoms with van der Waals surface area (Å²) in [6.07, 6.45) is 1.66. The van der Waals surface area contributed by atoms with Gasteiger partial charge in [0.25, 0.3) is 0 Å². The van der Waals surface area contributed by atoms with Crippen LogP contribution in [0.3, 0.4) is 0 Å². The first-order valence-corrected chi connectivity index (χ1v) is 6.35. The van der Waals surface area contributed by atoms with Crippen molar-refractivity contribution in [2.45, 2.75) is 0 Å². The number of nitriles is 1. The Bertz CT molecular complexity index is 612. The molecule has 2 aromatic rings. The van der Waals surface area contributed by atoms with Gasteiger partial charge in [0.15, 0.2) is 0 Å². The molecule has 6 nitrogen and oxygen atoms in total. The average Bonchev–Trinajstić information content (AvgIpc) is 2.89. The van der Waals surface area contributed by atoms with E-state index < -0.39 is 0 Å². The maximum Gasteiger partial charge on any atom is 0.209 e. The van der Waals surface area contributed by atoms with Crippen molar-refractivity contribution in [1.29, 1.82) is 5.26 Å². The van der Waals surface area contributed by atoms with Crippen LogP contribution in [0, 0.1) is 11.3 Å². The molecule has 0 aliphatic heterocycles. The SMILES string of the molecule is CN(C)C=Nc1ccc(Nc2nncs2)cc1C#N. The Balaban J connectivity index is 2.24. The van der Waals surface area contributed by atoms with Crippen molar-refractivity contribution < 1.29 is 0 Å². The lowest BCUT2D eigenvalue weighted by atomic mass is 10.2. The number of benzene rings is 1. The van der Waals surface area contributed by atoms with E-state index in [0.717, 1.165) is 5.69 Å². The van der Waals surface area contributed by atoms with Gasteiger partial charge < -0.3 is 10.2 Å². The van der Waals surface area contributed by atoms with Crippen LogP contribution in [0.15, 0.2) is 28.7 Å². The fourth-order valence-corrected chi connectivity index (χ4v) is 1.81. The Morgan fingerprint density at radius 3 is 2.95 bits per heavy atom. The highest BCUT2D eigenvalue weighted by Crippen LogP contribution is 2.25. The van der Waals surface area contributed by atoms with Gasteiger partial charge in [-0.25, -0.2) is 4.99 Å². The lowest BCUT2D eigenvalue weighted by molar-refractivity contribution is 0.643. The van der Waals surface area contributed by atoms with Crippen LogP contribution >= 0.6 is 11.3 Å². The Kier molecular flexibility index (Phi) is 4.05. The van der Waals surface area contributed by atoms with Gasteiger partial charge in [-0.15, -0.1) is 10.2 Å². The molecule has 1 aromatic heterocycles. The molecule has 0 saturated carbocycles. The summed E-state index contributed by atoms with van der Waals surface area (Å²) < 4.78 is 0. The third kappa shape index (κ3) is 3.50. The molecule has 96 valence electrons. The fourth-order valence-electron chi connectivity index (χ4n) is 1.34. The number of aromatic nitrogens is 2. The Morgan fingerprint density at radius 1 is 1.47 bits per heavy atom. The number of hydrogen-bond donors (Lipinski definition) is 1. The minimum absolute atomic E-state index is 0.507. The number of hydrogen-bond acceptors (Lipinski definition) is 6. The maximum atomic E-state index is 9.14. The van der Waals surface area contributed by atoms with Crippen molar-refractivity contribution in [3.05, 3.63) is 29.3 Å². The largest absolute Gasteiger partial charge is 0.369 e. The van der Waals surface area contributed by atoms with Gasteiger partial charge in [0, 0.05) is 19.8 Å². The second-order valence-corrected chi connectivity index (χ2v) is 4.75. The van der Waals surface area contributed by atoms with Crippen LogP contribution in [0.2, 0.25) is 0 Å². The molecule has 0 spiro atoms. The highest BCUT2D eigenvalue weighted by Gasteiger charge is 2.04. The highest BCUT2D eigenvalue weighted by atomic mass is 32.1. The lowest BCUT2D eigenvalue weighted by Gasteiger charge is -2.06. The second kappa shape index (κ2) is 5.93. The van der Waals surface area contributed by atoms with Gasteiger partial charge >= 0.3 is 0 Å². The average molecular weight is 272 g/mol. The molecule has 0 aliphatic carbocycles. The number of aliphatic imine (C=N–C) groups is 1. The molecule has 0 atom stereocenters. The molecular weight excluding hydrogens is 260 g/mol. The van der Waals surface area contributed by atoms with Crippen LogP contribution in [-0.4, -0.2) is 35.5 Å². The van der Waals surface area contributed by atoms with E-state index in [1.807, 2.05) is 25.1 Å². The van der Waals surface area contributed by atoms with Crippen molar-refractivity contribution in [2.24, 2.45) is 4.99 Å². The van der Waals surface area contributed by atoms with Crippen molar-refractivity contribution in [3.8, 4) is 6.07 Å². The van der Waals surface area contributed by atoms with Crippen LogP contribution < -0.4 is 5.32 Å². The third-order valence-electron chi connectivity index (χ3n) is 2.16. The minimum atomic E-state index is 0.507. The van der Waals surface area contributed by atoms with Crippen LogP contribution in [0.1, 0.15) is 5.56 Å². The normalized spacial score (nSPS) is 10.4. The van der Waals surface area contributed by atoms with Crippen LogP contribution in [-0.2, 0) is 0 Å². The summed E-state index contributed by atoms with van der Waals surface area (Å²) in [6, 6.07) is 7.52. The molecule has 0 fully saturated rings. The molecular formula is C12H12N6S. The van der Waals surface area contributed by atoms with Crippen molar-refractivity contribution in [2.75, 3.05) is 19.4 Å². The van der Waals surface area contributed by atoms with Gasteiger partial charge in [-0.1, -0.05) is 11.3 Å². The summed E-state index contributed by atoms with van der Waals surface area (Å²) in [5.41, 5.74) is 3.58. The van der Waals surface area contributed by atoms with E-state index >= 15 is 0 Å². The number of nitrogens with zero attached hydrogens (tertiary/aromatic N) is 5. The van der Waals surface area contributed by atoms with Gasteiger partial charge in [-0.2, -0.15) is 5.26 Å². The molecule has 19 heavy (non-hydrogen) atoms. The van der Waals surface area contributed by atoms with Crippen LogP contribution in [0.25, 0.3) is 0 Å². The number of rotatable bonds is 4. The number of anilines is 2.